The number of hydrogen-bond acceptors (Lipinski definition) is 6. The Morgan fingerprint density at radius 3 is 2.51 bits per heavy atom. The molecule has 0 radical (unpaired) electrons. The third-order valence-electron chi connectivity index (χ3n) is 6.64. The van der Waals surface area contributed by atoms with Gasteiger partial charge in [-0.1, -0.05) is 41.5 Å². The summed E-state index contributed by atoms with van der Waals surface area (Å²) in [5.74, 6) is -0.919. The first-order valence-electron chi connectivity index (χ1n) is 12.4. The number of rotatable bonds is 9. The van der Waals surface area contributed by atoms with Crippen LogP contribution in [0.15, 0.2) is 89.6 Å². The molecule has 0 saturated heterocycles. The van der Waals surface area contributed by atoms with Gasteiger partial charge in [-0.2, -0.15) is 5.10 Å². The fraction of sp³-hybridized carbons (Fsp3) is 0.107. The minimum atomic E-state index is -0.469. The molecular formula is C28H24N9O2+. The van der Waals surface area contributed by atoms with E-state index < -0.39 is 11.8 Å². The summed E-state index contributed by atoms with van der Waals surface area (Å²) in [5, 5.41) is 23.2. The van der Waals surface area contributed by atoms with Crippen molar-refractivity contribution in [1.82, 2.24) is 24.6 Å². The maximum atomic E-state index is 13.3. The lowest BCUT2D eigenvalue weighted by Gasteiger charge is -2.03. The molecule has 4 N–H and O–H groups in total. The molecule has 6 rings (SSSR count). The third-order valence-corrected chi connectivity index (χ3v) is 6.64. The number of nitrogens with zero attached hydrogens (tertiary/aromatic N) is 6. The van der Waals surface area contributed by atoms with Crippen LogP contribution in [0.25, 0.3) is 38.6 Å². The van der Waals surface area contributed by atoms with Crippen molar-refractivity contribution in [3.05, 3.63) is 90.5 Å². The van der Waals surface area contributed by atoms with E-state index in [2.05, 4.69) is 20.6 Å². The Morgan fingerprint density at radius 2 is 1.72 bits per heavy atom. The van der Waals surface area contributed by atoms with Crippen molar-refractivity contribution in [3.63, 3.8) is 0 Å². The van der Waals surface area contributed by atoms with E-state index in [-0.39, 0.29) is 5.57 Å². The van der Waals surface area contributed by atoms with Crippen LogP contribution in [-0.2, 0) is 16.1 Å². The number of para-hydroxylation sites is 2. The van der Waals surface area contributed by atoms with Crippen LogP contribution in [0.2, 0.25) is 0 Å². The van der Waals surface area contributed by atoms with Gasteiger partial charge in [0.25, 0.3) is 11.8 Å². The summed E-state index contributed by atoms with van der Waals surface area (Å²) in [6.07, 6.45) is 6.96. The molecule has 0 bridgehead atoms. The van der Waals surface area contributed by atoms with E-state index in [0.717, 1.165) is 40.3 Å². The number of nitrogens with one attached hydrogen (secondary N) is 2. The van der Waals surface area contributed by atoms with E-state index in [1.54, 1.807) is 17.8 Å². The molecule has 5 aromatic rings. The standard InChI is InChI=1S/C28H23N9O2/c29-17-32-35-31-13-6-14-37-23-11-4-2-9-20(23)26(34-37)25-24(27(38)33-28(25)39)21-16-36(18-7-5-12-30-15-18)22-10-3-1-8-19(21)22/h1-5,7-12,15-17H,6,13-14H2,(H2,29,31,32)(H,33,38,39)/p+1. The number of carbonyl (C=O) groups is 2. The van der Waals surface area contributed by atoms with Crippen LogP contribution in [0.3, 0.4) is 0 Å². The number of imide groups is 1. The fourth-order valence-corrected chi connectivity index (χ4v) is 4.98. The second-order valence-electron chi connectivity index (χ2n) is 8.95. The van der Waals surface area contributed by atoms with E-state index in [1.165, 1.54) is 0 Å². The van der Waals surface area contributed by atoms with Crippen LogP contribution in [0.4, 0.5) is 0 Å². The summed E-state index contributed by atoms with van der Waals surface area (Å²) in [7, 11) is 0. The summed E-state index contributed by atoms with van der Waals surface area (Å²) >= 11 is 0. The number of quaternary nitrogens is 1. The van der Waals surface area contributed by atoms with E-state index >= 15 is 0 Å². The molecular weight excluding hydrogens is 494 g/mol. The minimum absolute atomic E-state index is 0.260. The van der Waals surface area contributed by atoms with Gasteiger partial charge in [-0.15, -0.1) is 0 Å². The second kappa shape index (κ2) is 10.2. The Morgan fingerprint density at radius 1 is 0.949 bits per heavy atom. The predicted octanol–water partition coefficient (Wildman–Crippen LogP) is 2.87. The number of aromatic nitrogens is 4. The number of pyridine rings is 1. The molecule has 0 spiro atoms. The van der Waals surface area contributed by atoms with Crippen molar-refractivity contribution in [2.24, 2.45) is 10.3 Å². The molecule has 2 amide bonds. The van der Waals surface area contributed by atoms with Crippen LogP contribution in [0.5, 0.6) is 0 Å². The Kier molecular flexibility index (Phi) is 6.31. The van der Waals surface area contributed by atoms with Gasteiger partial charge in [0.1, 0.15) is 18.6 Å². The van der Waals surface area contributed by atoms with E-state index in [9.17, 15) is 9.59 Å². The van der Waals surface area contributed by atoms with Gasteiger partial charge >= 0.3 is 0 Å². The summed E-state index contributed by atoms with van der Waals surface area (Å²) in [6.45, 7) is 1.23. The predicted molar refractivity (Wildman–Crippen MR) is 146 cm³/mol. The number of carbonyl (C=O) groups excluding carboxylic acids is 2. The first kappa shape index (κ1) is 24.1. The summed E-state index contributed by atoms with van der Waals surface area (Å²) < 4.78 is 3.83. The minimum Gasteiger partial charge on any atom is -0.314 e. The van der Waals surface area contributed by atoms with Gasteiger partial charge in [0, 0.05) is 46.9 Å². The highest BCUT2D eigenvalue weighted by Gasteiger charge is 2.36. The van der Waals surface area contributed by atoms with Crippen LogP contribution < -0.4 is 10.7 Å². The molecule has 1 aliphatic rings. The SMILES string of the molecule is N=CN=N[NH2+]CCCn1nc(C2=C(c3cn(-c4cccnc4)c4ccccc34)C(=O)NC2=O)c2ccccc21. The molecule has 11 heteroatoms. The van der Waals surface area contributed by atoms with Gasteiger partial charge in [0.15, 0.2) is 0 Å². The summed E-state index contributed by atoms with van der Waals surface area (Å²) in [4.78, 5) is 30.9. The van der Waals surface area contributed by atoms with Crippen LogP contribution in [-0.4, -0.2) is 44.0 Å². The monoisotopic (exact) mass is 518 g/mol. The zero-order valence-electron chi connectivity index (χ0n) is 20.8. The second-order valence-corrected chi connectivity index (χ2v) is 8.95. The summed E-state index contributed by atoms with van der Waals surface area (Å²) in [5.41, 5.74) is 5.94. The van der Waals surface area contributed by atoms with Gasteiger partial charge in [-0.05, 0) is 24.3 Å². The number of fused-ring (bicyclic) bond motifs is 2. The van der Waals surface area contributed by atoms with E-state index in [4.69, 9.17) is 10.5 Å². The number of hydrogen-bond donors (Lipinski definition) is 3. The molecule has 4 heterocycles. The van der Waals surface area contributed by atoms with Crippen LogP contribution in [0, 0.1) is 5.41 Å². The highest BCUT2D eigenvalue weighted by atomic mass is 16.2. The Balaban J connectivity index is 1.49. The zero-order chi connectivity index (χ0) is 26.8. The molecule has 3 aromatic heterocycles. The van der Waals surface area contributed by atoms with Gasteiger partial charge in [0.05, 0.1) is 34.1 Å². The molecule has 39 heavy (non-hydrogen) atoms. The lowest BCUT2D eigenvalue weighted by molar-refractivity contribution is -0.668. The number of nitrogens with two attached hydrogens (primary N) is 1. The maximum Gasteiger partial charge on any atom is 0.261 e. The first-order chi connectivity index (χ1) is 19.2. The largest absolute Gasteiger partial charge is 0.314 e. The lowest BCUT2D eigenvalue weighted by Crippen LogP contribution is -2.77. The molecule has 0 unspecified atom stereocenters. The Bertz CT molecular complexity index is 1800. The summed E-state index contributed by atoms with van der Waals surface area (Å²) in [6, 6.07) is 19.3. The molecule has 0 saturated carbocycles. The van der Waals surface area contributed by atoms with E-state index in [0.29, 0.717) is 29.9 Å². The normalized spacial score (nSPS) is 13.7. The van der Waals surface area contributed by atoms with Crippen LogP contribution in [0.1, 0.15) is 17.7 Å². The number of aryl methyl sites for hydroxylation is 1. The Hall–Kier alpha value is -5.29. The quantitative estimate of drug-likeness (QED) is 0.0524. The van der Waals surface area contributed by atoms with Crippen molar-refractivity contribution in [3.8, 4) is 5.69 Å². The van der Waals surface area contributed by atoms with E-state index in [1.807, 2.05) is 76.1 Å². The van der Waals surface area contributed by atoms with Gasteiger partial charge in [0.2, 0.25) is 0 Å². The average molecular weight is 519 g/mol. The van der Waals surface area contributed by atoms with Crippen LogP contribution >= 0.6 is 0 Å². The maximum absolute atomic E-state index is 13.3. The van der Waals surface area contributed by atoms with Gasteiger partial charge in [-0.3, -0.25) is 30.0 Å². The number of amides is 2. The first-order valence-corrected chi connectivity index (χ1v) is 12.4. The zero-order valence-corrected chi connectivity index (χ0v) is 20.8. The smallest absolute Gasteiger partial charge is 0.261 e. The molecule has 0 aliphatic carbocycles. The number of benzene rings is 2. The third kappa shape index (κ3) is 4.30. The molecule has 192 valence electrons. The highest BCUT2D eigenvalue weighted by molar-refractivity contribution is 6.50. The molecule has 11 nitrogen and oxygen atoms in total. The van der Waals surface area contributed by atoms with Crippen molar-refractivity contribution in [2.75, 3.05) is 6.54 Å². The van der Waals surface area contributed by atoms with Gasteiger partial charge in [-0.25, -0.2) is 5.43 Å². The molecule has 0 fully saturated rings. The lowest BCUT2D eigenvalue weighted by atomic mass is 9.97. The molecule has 0 atom stereocenters. The van der Waals surface area contributed by atoms with Crippen molar-refractivity contribution in [2.45, 2.75) is 13.0 Å². The van der Waals surface area contributed by atoms with Crippen molar-refractivity contribution >= 4 is 51.1 Å². The van der Waals surface area contributed by atoms with Crippen molar-refractivity contribution in [1.29, 1.82) is 5.41 Å². The average Bonchev–Trinajstić information content (AvgIpc) is 3.61. The van der Waals surface area contributed by atoms with Crippen molar-refractivity contribution < 1.29 is 15.0 Å². The highest BCUT2D eigenvalue weighted by Crippen LogP contribution is 2.38. The molecule has 2 aromatic carbocycles. The topological polar surface area (TPSA) is 147 Å². The molecule has 1 aliphatic heterocycles. The fourth-order valence-electron chi connectivity index (χ4n) is 4.98. The van der Waals surface area contributed by atoms with Gasteiger partial charge < -0.3 is 4.57 Å². The Labute approximate surface area is 222 Å².